The summed E-state index contributed by atoms with van der Waals surface area (Å²) in [6.45, 7) is 4.41. The highest BCUT2D eigenvalue weighted by molar-refractivity contribution is 5.79. The first-order valence-corrected chi connectivity index (χ1v) is 5.05. The molecule has 1 aliphatic rings. The Morgan fingerprint density at radius 2 is 2.08 bits per heavy atom. The molecule has 12 heavy (non-hydrogen) atoms. The predicted molar refractivity (Wildman–Crippen MR) is 50.1 cm³/mol. The van der Waals surface area contributed by atoms with E-state index in [9.17, 15) is 4.79 Å². The van der Waals surface area contributed by atoms with Crippen molar-refractivity contribution in [1.29, 1.82) is 0 Å². The van der Waals surface area contributed by atoms with Gasteiger partial charge in [0.1, 0.15) is 5.78 Å². The standard InChI is InChI=1S/C10H19NO/c1-2-7-11-8-9-3-5-10(12)6-4-9/h9,11H,2-8H2,1H3. The molecule has 70 valence electrons. The zero-order chi connectivity index (χ0) is 8.81. The summed E-state index contributed by atoms with van der Waals surface area (Å²) in [5.41, 5.74) is 0. The van der Waals surface area contributed by atoms with Crippen LogP contribution in [0.1, 0.15) is 39.0 Å². The molecular formula is C10H19NO. The average Bonchev–Trinajstić information content (AvgIpc) is 2.09. The van der Waals surface area contributed by atoms with E-state index >= 15 is 0 Å². The molecule has 0 amide bonds. The smallest absolute Gasteiger partial charge is 0.132 e. The lowest BCUT2D eigenvalue weighted by atomic mass is 9.88. The molecule has 0 saturated heterocycles. The zero-order valence-electron chi connectivity index (χ0n) is 7.94. The van der Waals surface area contributed by atoms with Gasteiger partial charge in [0.25, 0.3) is 0 Å². The van der Waals surface area contributed by atoms with Crippen LogP contribution in [-0.2, 0) is 4.79 Å². The highest BCUT2D eigenvalue weighted by atomic mass is 16.1. The van der Waals surface area contributed by atoms with E-state index in [1.165, 1.54) is 6.42 Å². The maximum Gasteiger partial charge on any atom is 0.132 e. The second-order valence-electron chi connectivity index (χ2n) is 3.69. The molecule has 0 radical (unpaired) electrons. The molecule has 0 heterocycles. The van der Waals surface area contributed by atoms with Gasteiger partial charge in [-0.05, 0) is 38.3 Å². The van der Waals surface area contributed by atoms with Crippen molar-refractivity contribution in [1.82, 2.24) is 5.32 Å². The Hall–Kier alpha value is -0.370. The molecule has 2 nitrogen and oxygen atoms in total. The molecule has 0 aromatic heterocycles. The highest BCUT2D eigenvalue weighted by Crippen LogP contribution is 2.20. The van der Waals surface area contributed by atoms with E-state index in [0.29, 0.717) is 5.78 Å². The van der Waals surface area contributed by atoms with Gasteiger partial charge in [0, 0.05) is 12.8 Å². The number of hydrogen-bond acceptors (Lipinski definition) is 2. The Labute approximate surface area is 74.7 Å². The van der Waals surface area contributed by atoms with Gasteiger partial charge >= 0.3 is 0 Å². The van der Waals surface area contributed by atoms with Crippen LogP contribution in [0.15, 0.2) is 0 Å². The third-order valence-electron chi connectivity index (χ3n) is 2.52. The van der Waals surface area contributed by atoms with Gasteiger partial charge in [0.05, 0.1) is 0 Å². The second kappa shape index (κ2) is 5.31. The third-order valence-corrected chi connectivity index (χ3v) is 2.52. The maximum atomic E-state index is 10.9. The first-order chi connectivity index (χ1) is 5.83. The van der Waals surface area contributed by atoms with Crippen molar-refractivity contribution >= 4 is 5.78 Å². The fourth-order valence-electron chi connectivity index (χ4n) is 1.69. The topological polar surface area (TPSA) is 29.1 Å². The monoisotopic (exact) mass is 169 g/mol. The summed E-state index contributed by atoms with van der Waals surface area (Å²) < 4.78 is 0. The minimum atomic E-state index is 0.460. The Kier molecular flexibility index (Phi) is 4.30. The minimum absolute atomic E-state index is 0.460. The Balaban J connectivity index is 2.05. The van der Waals surface area contributed by atoms with Crippen LogP contribution in [0.25, 0.3) is 0 Å². The molecule has 0 atom stereocenters. The van der Waals surface area contributed by atoms with E-state index in [-0.39, 0.29) is 0 Å². The summed E-state index contributed by atoms with van der Waals surface area (Å²) in [6, 6.07) is 0. The molecule has 0 spiro atoms. The van der Waals surface area contributed by atoms with Crippen LogP contribution in [0.3, 0.4) is 0 Å². The molecule has 2 heteroatoms. The van der Waals surface area contributed by atoms with Gasteiger partial charge in [0.2, 0.25) is 0 Å². The number of carbonyl (C=O) groups is 1. The van der Waals surface area contributed by atoms with Gasteiger partial charge in [-0.1, -0.05) is 6.92 Å². The van der Waals surface area contributed by atoms with Crippen molar-refractivity contribution in [3.05, 3.63) is 0 Å². The van der Waals surface area contributed by atoms with Crippen molar-refractivity contribution in [2.45, 2.75) is 39.0 Å². The molecule has 0 aliphatic heterocycles. The fraction of sp³-hybridized carbons (Fsp3) is 0.900. The average molecular weight is 169 g/mol. The Bertz CT molecular complexity index is 135. The number of ketones is 1. The molecule has 0 unspecified atom stereocenters. The first-order valence-electron chi connectivity index (χ1n) is 5.05. The van der Waals surface area contributed by atoms with Gasteiger partial charge < -0.3 is 5.32 Å². The van der Waals surface area contributed by atoms with Gasteiger partial charge in [-0.25, -0.2) is 0 Å². The molecular weight excluding hydrogens is 150 g/mol. The van der Waals surface area contributed by atoms with Crippen molar-refractivity contribution in [2.24, 2.45) is 5.92 Å². The van der Waals surface area contributed by atoms with Crippen LogP contribution in [0.4, 0.5) is 0 Å². The lowest BCUT2D eigenvalue weighted by molar-refractivity contribution is -0.120. The summed E-state index contributed by atoms with van der Waals surface area (Å²) in [6.07, 6.45) is 5.05. The largest absolute Gasteiger partial charge is 0.316 e. The first kappa shape index (κ1) is 9.72. The number of Topliss-reactive ketones (excluding diaryl/α,β-unsaturated/α-hetero) is 1. The van der Waals surface area contributed by atoms with E-state index in [0.717, 1.165) is 44.7 Å². The molecule has 1 N–H and O–H groups in total. The van der Waals surface area contributed by atoms with Crippen molar-refractivity contribution in [3.63, 3.8) is 0 Å². The minimum Gasteiger partial charge on any atom is -0.316 e. The molecule has 1 aliphatic carbocycles. The van der Waals surface area contributed by atoms with Crippen LogP contribution in [0, 0.1) is 5.92 Å². The van der Waals surface area contributed by atoms with Crippen molar-refractivity contribution < 1.29 is 4.79 Å². The molecule has 1 fully saturated rings. The molecule has 0 aromatic rings. The Morgan fingerprint density at radius 3 is 2.67 bits per heavy atom. The predicted octanol–water partition coefficient (Wildman–Crippen LogP) is 1.75. The van der Waals surface area contributed by atoms with Gasteiger partial charge in [-0.2, -0.15) is 0 Å². The number of hydrogen-bond donors (Lipinski definition) is 1. The zero-order valence-corrected chi connectivity index (χ0v) is 7.94. The SMILES string of the molecule is CCCNCC1CCC(=O)CC1. The summed E-state index contributed by atoms with van der Waals surface area (Å²) in [5.74, 6) is 1.22. The summed E-state index contributed by atoms with van der Waals surface area (Å²) >= 11 is 0. The quantitative estimate of drug-likeness (QED) is 0.649. The maximum absolute atomic E-state index is 10.9. The van der Waals surface area contributed by atoms with Crippen LogP contribution in [0.2, 0.25) is 0 Å². The van der Waals surface area contributed by atoms with Crippen LogP contribution < -0.4 is 5.32 Å². The van der Waals surface area contributed by atoms with Crippen molar-refractivity contribution in [2.75, 3.05) is 13.1 Å². The van der Waals surface area contributed by atoms with Crippen molar-refractivity contribution in [3.8, 4) is 0 Å². The third kappa shape index (κ3) is 3.35. The molecule has 1 rings (SSSR count). The van der Waals surface area contributed by atoms with E-state index in [1.54, 1.807) is 0 Å². The summed E-state index contributed by atoms with van der Waals surface area (Å²) in [7, 11) is 0. The number of nitrogens with one attached hydrogen (secondary N) is 1. The summed E-state index contributed by atoms with van der Waals surface area (Å²) in [5, 5.41) is 3.41. The Morgan fingerprint density at radius 1 is 1.42 bits per heavy atom. The van der Waals surface area contributed by atoms with Crippen LogP contribution in [-0.4, -0.2) is 18.9 Å². The van der Waals surface area contributed by atoms with E-state index in [4.69, 9.17) is 0 Å². The summed E-state index contributed by atoms with van der Waals surface area (Å²) in [4.78, 5) is 10.9. The lowest BCUT2D eigenvalue weighted by Gasteiger charge is -2.20. The number of carbonyl (C=O) groups excluding carboxylic acids is 1. The van der Waals surface area contributed by atoms with Crippen LogP contribution >= 0.6 is 0 Å². The molecule has 0 aromatic carbocycles. The van der Waals surface area contributed by atoms with Gasteiger partial charge in [-0.3, -0.25) is 4.79 Å². The van der Waals surface area contributed by atoms with E-state index < -0.39 is 0 Å². The van der Waals surface area contributed by atoms with Crippen LogP contribution in [0.5, 0.6) is 0 Å². The molecule has 1 saturated carbocycles. The van der Waals surface area contributed by atoms with Gasteiger partial charge in [0.15, 0.2) is 0 Å². The van der Waals surface area contributed by atoms with Gasteiger partial charge in [-0.15, -0.1) is 0 Å². The molecule has 0 bridgehead atoms. The van der Waals surface area contributed by atoms with E-state index in [2.05, 4.69) is 12.2 Å². The normalized spacial score (nSPS) is 19.9. The van der Waals surface area contributed by atoms with E-state index in [1.807, 2.05) is 0 Å². The number of rotatable bonds is 4. The second-order valence-corrected chi connectivity index (χ2v) is 3.69. The lowest BCUT2D eigenvalue weighted by Crippen LogP contribution is -2.26. The highest BCUT2D eigenvalue weighted by Gasteiger charge is 2.17. The fourth-order valence-corrected chi connectivity index (χ4v) is 1.69.